The topological polar surface area (TPSA) is 98.3 Å². The standard InChI is InChI=1S/C25H23Cl2N3O5/c1-15-4-7-19(12-20(15)27)29-24(31)14-35-21-9-6-18(26)10-17(21)13-28-30-25(32)16-5-8-22(33-2)23(11-16)34-3/h4-13H,14H2,1-3H3,(H,29,31)(H,30,32)/b28-13+. The smallest absolute Gasteiger partial charge is 0.271 e. The number of anilines is 1. The summed E-state index contributed by atoms with van der Waals surface area (Å²) in [6.45, 7) is 1.61. The quantitative estimate of drug-likeness (QED) is 0.305. The number of nitrogens with zero attached hydrogens (tertiary/aromatic N) is 1. The van der Waals surface area contributed by atoms with Gasteiger partial charge in [-0.3, -0.25) is 9.59 Å². The van der Waals surface area contributed by atoms with Gasteiger partial charge in [-0.1, -0.05) is 29.3 Å². The minimum atomic E-state index is -0.456. The van der Waals surface area contributed by atoms with Gasteiger partial charge in [0.25, 0.3) is 11.8 Å². The van der Waals surface area contributed by atoms with E-state index in [2.05, 4.69) is 15.8 Å². The second-order valence-electron chi connectivity index (χ2n) is 7.25. The molecule has 2 amide bonds. The molecule has 0 aromatic heterocycles. The first-order valence-electron chi connectivity index (χ1n) is 10.3. The Labute approximate surface area is 212 Å². The van der Waals surface area contributed by atoms with Crippen LogP contribution in [0.5, 0.6) is 17.2 Å². The highest BCUT2D eigenvalue weighted by Crippen LogP contribution is 2.27. The van der Waals surface area contributed by atoms with Crippen molar-refractivity contribution in [3.63, 3.8) is 0 Å². The summed E-state index contributed by atoms with van der Waals surface area (Å²) >= 11 is 12.2. The first kappa shape index (κ1) is 25.9. The molecule has 182 valence electrons. The molecule has 3 aromatic rings. The monoisotopic (exact) mass is 515 g/mol. The first-order chi connectivity index (χ1) is 16.8. The largest absolute Gasteiger partial charge is 0.493 e. The number of carbonyl (C=O) groups excluding carboxylic acids is 2. The van der Waals surface area contributed by atoms with Gasteiger partial charge in [0.05, 0.1) is 20.4 Å². The fourth-order valence-electron chi connectivity index (χ4n) is 2.97. The number of halogens is 2. The number of rotatable bonds is 9. The maximum atomic E-state index is 12.4. The Morgan fingerprint density at radius 1 is 0.943 bits per heavy atom. The third-order valence-corrected chi connectivity index (χ3v) is 5.44. The second-order valence-corrected chi connectivity index (χ2v) is 8.10. The number of aryl methyl sites for hydroxylation is 1. The molecule has 0 spiro atoms. The number of carbonyl (C=O) groups is 2. The lowest BCUT2D eigenvalue weighted by Gasteiger charge is -2.11. The van der Waals surface area contributed by atoms with Crippen molar-refractivity contribution < 1.29 is 23.8 Å². The van der Waals surface area contributed by atoms with E-state index in [1.54, 1.807) is 42.5 Å². The molecule has 0 radical (unpaired) electrons. The van der Waals surface area contributed by atoms with Crippen LogP contribution in [0.2, 0.25) is 10.0 Å². The van der Waals surface area contributed by atoms with Crippen LogP contribution in [0, 0.1) is 6.92 Å². The van der Waals surface area contributed by atoms with Crippen molar-refractivity contribution in [3.8, 4) is 17.2 Å². The summed E-state index contributed by atoms with van der Waals surface area (Å²) in [5.74, 6) is 0.451. The Balaban J connectivity index is 1.64. The predicted octanol–water partition coefficient (Wildman–Crippen LogP) is 5.10. The number of benzene rings is 3. The average Bonchev–Trinajstić information content (AvgIpc) is 2.85. The zero-order valence-electron chi connectivity index (χ0n) is 19.2. The van der Waals surface area contributed by atoms with Gasteiger partial charge in [-0.05, 0) is 61.0 Å². The number of hydrazone groups is 1. The molecule has 0 saturated heterocycles. The molecule has 2 N–H and O–H groups in total. The molecule has 0 saturated carbocycles. The van der Waals surface area contributed by atoms with E-state index in [0.717, 1.165) is 5.56 Å². The lowest BCUT2D eigenvalue weighted by molar-refractivity contribution is -0.118. The molecular weight excluding hydrogens is 493 g/mol. The van der Waals surface area contributed by atoms with Gasteiger partial charge in [-0.25, -0.2) is 5.43 Å². The molecule has 3 rings (SSSR count). The molecule has 0 aliphatic rings. The van der Waals surface area contributed by atoms with E-state index in [1.165, 1.54) is 26.5 Å². The van der Waals surface area contributed by atoms with Crippen LogP contribution < -0.4 is 25.0 Å². The zero-order valence-corrected chi connectivity index (χ0v) is 20.7. The summed E-state index contributed by atoms with van der Waals surface area (Å²) in [6, 6.07) is 14.8. The van der Waals surface area contributed by atoms with Crippen LogP contribution in [0.4, 0.5) is 5.69 Å². The molecule has 0 bridgehead atoms. The fourth-order valence-corrected chi connectivity index (χ4v) is 3.33. The highest BCUT2D eigenvalue weighted by molar-refractivity contribution is 6.31. The Kier molecular flexibility index (Phi) is 8.94. The van der Waals surface area contributed by atoms with Gasteiger partial charge in [0.15, 0.2) is 18.1 Å². The van der Waals surface area contributed by atoms with E-state index in [1.807, 2.05) is 13.0 Å². The molecule has 35 heavy (non-hydrogen) atoms. The molecule has 0 aliphatic heterocycles. The van der Waals surface area contributed by atoms with E-state index in [9.17, 15) is 9.59 Å². The van der Waals surface area contributed by atoms with Crippen molar-refractivity contribution in [2.75, 3.05) is 26.1 Å². The van der Waals surface area contributed by atoms with Crippen LogP contribution in [0.25, 0.3) is 0 Å². The van der Waals surface area contributed by atoms with Crippen molar-refractivity contribution in [1.29, 1.82) is 0 Å². The Morgan fingerprint density at radius 2 is 1.69 bits per heavy atom. The summed E-state index contributed by atoms with van der Waals surface area (Å²) < 4.78 is 16.0. The molecule has 0 atom stereocenters. The Morgan fingerprint density at radius 3 is 2.40 bits per heavy atom. The lowest BCUT2D eigenvalue weighted by atomic mass is 10.2. The third kappa shape index (κ3) is 7.11. The molecule has 0 fully saturated rings. The van der Waals surface area contributed by atoms with Crippen molar-refractivity contribution in [2.24, 2.45) is 5.10 Å². The van der Waals surface area contributed by atoms with Crippen molar-refractivity contribution >= 4 is 46.9 Å². The lowest BCUT2D eigenvalue weighted by Crippen LogP contribution is -2.20. The van der Waals surface area contributed by atoms with E-state index in [0.29, 0.717) is 44.1 Å². The van der Waals surface area contributed by atoms with Crippen LogP contribution >= 0.6 is 23.2 Å². The molecule has 0 heterocycles. The summed E-state index contributed by atoms with van der Waals surface area (Å²) in [6.07, 6.45) is 1.37. The minimum Gasteiger partial charge on any atom is -0.493 e. The number of nitrogens with one attached hydrogen (secondary N) is 2. The number of hydrogen-bond donors (Lipinski definition) is 2. The minimum absolute atomic E-state index is 0.258. The van der Waals surface area contributed by atoms with E-state index >= 15 is 0 Å². The molecule has 3 aromatic carbocycles. The van der Waals surface area contributed by atoms with Crippen molar-refractivity contribution in [2.45, 2.75) is 6.92 Å². The average molecular weight is 516 g/mol. The predicted molar refractivity (Wildman–Crippen MR) is 136 cm³/mol. The van der Waals surface area contributed by atoms with Gasteiger partial charge < -0.3 is 19.5 Å². The van der Waals surface area contributed by atoms with Gasteiger partial charge in [-0.15, -0.1) is 0 Å². The second kappa shape index (κ2) is 12.1. The van der Waals surface area contributed by atoms with Crippen molar-refractivity contribution in [1.82, 2.24) is 5.43 Å². The molecule has 0 unspecified atom stereocenters. The Hall–Kier alpha value is -3.75. The number of amides is 2. The molecule has 8 nitrogen and oxygen atoms in total. The summed E-state index contributed by atoms with van der Waals surface area (Å²) in [5, 5.41) is 7.69. The van der Waals surface area contributed by atoms with Crippen LogP contribution in [0.15, 0.2) is 59.7 Å². The van der Waals surface area contributed by atoms with Gasteiger partial charge in [0.2, 0.25) is 0 Å². The fraction of sp³-hybridized carbons (Fsp3) is 0.160. The maximum Gasteiger partial charge on any atom is 0.271 e. The Bertz CT molecular complexity index is 1260. The number of ether oxygens (including phenoxy) is 3. The first-order valence-corrected chi connectivity index (χ1v) is 11.1. The summed E-state index contributed by atoms with van der Waals surface area (Å²) in [5.41, 5.74) is 4.70. The van der Waals surface area contributed by atoms with Gasteiger partial charge in [0, 0.05) is 26.9 Å². The van der Waals surface area contributed by atoms with E-state index in [4.69, 9.17) is 37.4 Å². The van der Waals surface area contributed by atoms with Crippen LogP contribution in [0.3, 0.4) is 0 Å². The normalized spacial score (nSPS) is 10.7. The van der Waals surface area contributed by atoms with Crippen LogP contribution in [-0.4, -0.2) is 38.9 Å². The molecule has 0 aliphatic carbocycles. The molecule has 10 heteroatoms. The molecular formula is C25H23Cl2N3O5. The van der Waals surface area contributed by atoms with E-state index in [-0.39, 0.29) is 12.5 Å². The highest BCUT2D eigenvalue weighted by Gasteiger charge is 2.11. The van der Waals surface area contributed by atoms with Crippen LogP contribution in [-0.2, 0) is 4.79 Å². The van der Waals surface area contributed by atoms with Crippen LogP contribution in [0.1, 0.15) is 21.5 Å². The zero-order chi connectivity index (χ0) is 25.4. The number of hydrogen-bond acceptors (Lipinski definition) is 6. The third-order valence-electron chi connectivity index (χ3n) is 4.80. The summed E-state index contributed by atoms with van der Waals surface area (Å²) in [7, 11) is 2.99. The maximum absolute atomic E-state index is 12.4. The SMILES string of the molecule is COc1ccc(C(=O)N/N=C/c2cc(Cl)ccc2OCC(=O)Nc2ccc(C)c(Cl)c2)cc1OC. The van der Waals surface area contributed by atoms with Gasteiger partial charge in [0.1, 0.15) is 5.75 Å². The van der Waals surface area contributed by atoms with Gasteiger partial charge in [-0.2, -0.15) is 5.10 Å². The summed E-state index contributed by atoms with van der Waals surface area (Å²) in [4.78, 5) is 24.8. The van der Waals surface area contributed by atoms with Gasteiger partial charge >= 0.3 is 0 Å². The van der Waals surface area contributed by atoms with E-state index < -0.39 is 5.91 Å². The highest BCUT2D eigenvalue weighted by atomic mass is 35.5. The number of methoxy groups -OCH3 is 2. The van der Waals surface area contributed by atoms with Crippen molar-refractivity contribution in [3.05, 3.63) is 81.3 Å².